The van der Waals surface area contributed by atoms with Gasteiger partial charge in [0.1, 0.15) is 0 Å². The van der Waals surface area contributed by atoms with E-state index in [4.69, 9.17) is 0 Å². The third-order valence-corrected chi connectivity index (χ3v) is 6.91. The second-order valence-corrected chi connectivity index (χ2v) is 8.76. The molecule has 0 bridgehead atoms. The third-order valence-electron chi connectivity index (χ3n) is 4.99. The zero-order valence-corrected chi connectivity index (χ0v) is 16.5. The number of nitrogens with zero attached hydrogens (tertiary/aromatic N) is 3. The number of aryl methyl sites for hydroxylation is 1. The highest BCUT2D eigenvalue weighted by atomic mass is 32.2. The Labute approximate surface area is 160 Å². The van der Waals surface area contributed by atoms with Crippen LogP contribution in [0.4, 0.5) is 0 Å². The highest BCUT2D eigenvalue weighted by Gasteiger charge is 2.32. The fourth-order valence-corrected chi connectivity index (χ4v) is 4.78. The van der Waals surface area contributed by atoms with Crippen LogP contribution >= 0.6 is 0 Å². The number of aromatic nitrogens is 2. The second-order valence-electron chi connectivity index (χ2n) is 6.82. The van der Waals surface area contributed by atoms with Crippen molar-refractivity contribution in [2.45, 2.75) is 44.2 Å². The van der Waals surface area contributed by atoms with Crippen molar-refractivity contribution < 1.29 is 13.2 Å². The summed E-state index contributed by atoms with van der Waals surface area (Å²) in [6.07, 6.45) is 2.94. The molecule has 27 heavy (non-hydrogen) atoms. The molecule has 0 aliphatic carbocycles. The Morgan fingerprint density at radius 2 is 1.89 bits per heavy atom. The molecule has 2 aromatic rings. The van der Waals surface area contributed by atoms with Crippen molar-refractivity contribution in [2.75, 3.05) is 13.1 Å². The quantitative estimate of drug-likeness (QED) is 0.819. The molecule has 2 heterocycles. The van der Waals surface area contributed by atoms with E-state index in [1.807, 2.05) is 30.8 Å². The largest absolute Gasteiger partial charge is 0.348 e. The van der Waals surface area contributed by atoms with Gasteiger partial charge in [-0.25, -0.2) is 8.42 Å². The molecule has 1 aromatic heterocycles. The molecule has 3 rings (SSSR count). The predicted octanol–water partition coefficient (Wildman–Crippen LogP) is 2.18. The van der Waals surface area contributed by atoms with E-state index in [2.05, 4.69) is 10.4 Å². The van der Waals surface area contributed by atoms with Crippen LogP contribution in [0.5, 0.6) is 0 Å². The minimum Gasteiger partial charge on any atom is -0.348 e. The molecule has 1 unspecified atom stereocenters. The molecule has 146 valence electrons. The molecule has 0 radical (unpaired) electrons. The predicted molar refractivity (Wildman–Crippen MR) is 102 cm³/mol. The van der Waals surface area contributed by atoms with Crippen LogP contribution in [-0.2, 0) is 21.4 Å². The number of sulfonamides is 1. The molecule has 1 amide bonds. The van der Waals surface area contributed by atoms with Gasteiger partial charge in [0, 0.05) is 31.7 Å². The lowest BCUT2D eigenvalue weighted by atomic mass is 9.97. The molecule has 1 N–H and O–H groups in total. The van der Waals surface area contributed by atoms with Gasteiger partial charge in [0.05, 0.1) is 16.6 Å². The van der Waals surface area contributed by atoms with Crippen molar-refractivity contribution in [1.29, 1.82) is 0 Å². The van der Waals surface area contributed by atoms with Crippen molar-refractivity contribution in [3.8, 4) is 0 Å². The van der Waals surface area contributed by atoms with Crippen LogP contribution in [0.1, 0.15) is 38.4 Å². The molecule has 1 fully saturated rings. The van der Waals surface area contributed by atoms with E-state index in [0.29, 0.717) is 30.8 Å². The van der Waals surface area contributed by atoms with E-state index in [1.54, 1.807) is 30.3 Å². The highest BCUT2D eigenvalue weighted by Crippen LogP contribution is 2.24. The summed E-state index contributed by atoms with van der Waals surface area (Å²) in [7, 11) is -3.49. The van der Waals surface area contributed by atoms with Gasteiger partial charge < -0.3 is 5.32 Å². The molecule has 8 heteroatoms. The van der Waals surface area contributed by atoms with E-state index >= 15 is 0 Å². The molecule has 1 aliphatic rings. The SMILES string of the molecule is CCn1ccc(C(C)NC(=O)C2CCN(S(=O)(=O)c3ccccc3)CC2)n1. The zero-order valence-electron chi connectivity index (χ0n) is 15.7. The standard InChI is InChI=1S/C19H26N4O3S/c1-3-22-12-11-18(21-22)15(2)20-19(24)16-9-13-23(14-10-16)27(25,26)17-7-5-4-6-8-17/h4-8,11-12,15-16H,3,9-10,13-14H2,1-2H3,(H,20,24). The van der Waals surface area contributed by atoms with Gasteiger partial charge in [0.15, 0.2) is 0 Å². The van der Waals surface area contributed by atoms with Crippen molar-refractivity contribution in [2.24, 2.45) is 5.92 Å². The second kappa shape index (κ2) is 8.22. The first-order valence-corrected chi connectivity index (χ1v) is 10.7. The molecule has 1 saturated heterocycles. The van der Waals surface area contributed by atoms with Gasteiger partial charge in [0.25, 0.3) is 0 Å². The maximum atomic E-state index is 12.7. The van der Waals surface area contributed by atoms with E-state index < -0.39 is 10.0 Å². The van der Waals surface area contributed by atoms with Gasteiger partial charge in [-0.05, 0) is 44.9 Å². The Morgan fingerprint density at radius 1 is 1.22 bits per heavy atom. The van der Waals surface area contributed by atoms with Gasteiger partial charge in [-0.2, -0.15) is 9.40 Å². The van der Waals surface area contributed by atoms with Crippen molar-refractivity contribution >= 4 is 15.9 Å². The number of rotatable bonds is 6. The van der Waals surface area contributed by atoms with Crippen LogP contribution in [0.3, 0.4) is 0 Å². The van der Waals surface area contributed by atoms with Crippen LogP contribution in [0.15, 0.2) is 47.5 Å². The van der Waals surface area contributed by atoms with E-state index in [-0.39, 0.29) is 17.9 Å². The molecular weight excluding hydrogens is 364 g/mol. The lowest BCUT2D eigenvalue weighted by Gasteiger charge is -2.31. The minimum absolute atomic E-state index is 0.0368. The molecule has 1 aromatic carbocycles. The van der Waals surface area contributed by atoms with Crippen LogP contribution in [0.25, 0.3) is 0 Å². The summed E-state index contributed by atoms with van der Waals surface area (Å²) in [6.45, 7) is 5.42. The molecule has 1 atom stereocenters. The zero-order chi connectivity index (χ0) is 19.4. The van der Waals surface area contributed by atoms with E-state index in [1.165, 1.54) is 4.31 Å². The van der Waals surface area contributed by atoms with Crippen molar-refractivity contribution in [1.82, 2.24) is 19.4 Å². The van der Waals surface area contributed by atoms with Gasteiger partial charge in [0.2, 0.25) is 15.9 Å². The Balaban J connectivity index is 1.56. The maximum Gasteiger partial charge on any atom is 0.243 e. The van der Waals surface area contributed by atoms with Crippen molar-refractivity contribution in [3.63, 3.8) is 0 Å². The summed E-state index contributed by atoms with van der Waals surface area (Å²) < 4.78 is 28.6. The molecular formula is C19H26N4O3S. The van der Waals surface area contributed by atoms with E-state index in [0.717, 1.165) is 12.2 Å². The summed E-state index contributed by atoms with van der Waals surface area (Å²) in [6, 6.07) is 10.2. The van der Waals surface area contributed by atoms with Crippen molar-refractivity contribution in [3.05, 3.63) is 48.3 Å². The summed E-state index contributed by atoms with van der Waals surface area (Å²) >= 11 is 0. The number of amides is 1. The summed E-state index contributed by atoms with van der Waals surface area (Å²) in [5, 5.41) is 7.43. The summed E-state index contributed by atoms with van der Waals surface area (Å²) in [5.74, 6) is -0.215. The lowest BCUT2D eigenvalue weighted by Crippen LogP contribution is -2.43. The lowest BCUT2D eigenvalue weighted by molar-refractivity contribution is -0.126. The molecule has 0 saturated carbocycles. The summed E-state index contributed by atoms with van der Waals surface area (Å²) in [4.78, 5) is 12.9. The number of carbonyl (C=O) groups is 1. The molecule has 0 spiro atoms. The molecule has 7 nitrogen and oxygen atoms in total. The topological polar surface area (TPSA) is 84.3 Å². The Hall–Kier alpha value is -2.19. The maximum absolute atomic E-state index is 12.7. The van der Waals surface area contributed by atoms with Gasteiger partial charge in [-0.3, -0.25) is 9.48 Å². The number of hydrogen-bond donors (Lipinski definition) is 1. The number of carbonyl (C=O) groups excluding carboxylic acids is 1. The fraction of sp³-hybridized carbons (Fsp3) is 0.474. The summed E-state index contributed by atoms with van der Waals surface area (Å²) in [5.41, 5.74) is 0.828. The van der Waals surface area contributed by atoms with Crippen LogP contribution in [-0.4, -0.2) is 41.5 Å². The number of benzene rings is 1. The average Bonchev–Trinajstić information content (AvgIpc) is 3.18. The molecule has 1 aliphatic heterocycles. The Bertz CT molecular complexity index is 871. The Morgan fingerprint density at radius 3 is 2.48 bits per heavy atom. The smallest absolute Gasteiger partial charge is 0.243 e. The first-order chi connectivity index (χ1) is 12.9. The first-order valence-electron chi connectivity index (χ1n) is 9.30. The monoisotopic (exact) mass is 390 g/mol. The fourth-order valence-electron chi connectivity index (χ4n) is 3.29. The number of nitrogens with one attached hydrogen (secondary N) is 1. The third kappa shape index (κ3) is 4.39. The number of piperidine rings is 1. The minimum atomic E-state index is -3.49. The van der Waals surface area contributed by atoms with Gasteiger partial charge in [-0.1, -0.05) is 18.2 Å². The van der Waals surface area contributed by atoms with E-state index in [9.17, 15) is 13.2 Å². The number of hydrogen-bond acceptors (Lipinski definition) is 4. The van der Waals surface area contributed by atoms with Crippen LogP contribution < -0.4 is 5.32 Å². The first kappa shape index (κ1) is 19.6. The van der Waals surface area contributed by atoms with Crippen LogP contribution in [0.2, 0.25) is 0 Å². The van der Waals surface area contributed by atoms with Crippen LogP contribution in [0, 0.1) is 5.92 Å². The van der Waals surface area contributed by atoms with Gasteiger partial charge >= 0.3 is 0 Å². The average molecular weight is 391 g/mol. The Kier molecular flexibility index (Phi) is 5.96. The normalized spacial score (nSPS) is 17.6. The van der Waals surface area contributed by atoms with Gasteiger partial charge in [-0.15, -0.1) is 0 Å². The highest BCUT2D eigenvalue weighted by molar-refractivity contribution is 7.89.